The van der Waals surface area contributed by atoms with Crippen molar-refractivity contribution >= 4 is 45.6 Å². The first kappa shape index (κ1) is 46.0. The molecule has 2 aromatic heterocycles. The van der Waals surface area contributed by atoms with Crippen LogP contribution in [0.25, 0.3) is 21.8 Å². The van der Waals surface area contributed by atoms with Crippen molar-refractivity contribution in [3.8, 4) is 36.2 Å². The Morgan fingerprint density at radius 1 is 0.709 bits per heavy atom. The van der Waals surface area contributed by atoms with Gasteiger partial charge in [-0.1, -0.05) is 36.1 Å². The van der Waals surface area contributed by atoms with Gasteiger partial charge >= 0.3 is 12.2 Å². The topological polar surface area (TPSA) is 112 Å². The molecule has 2 aromatic carbocycles. The zero-order valence-corrected chi connectivity index (χ0v) is 35.2. The van der Waals surface area contributed by atoms with Gasteiger partial charge in [0.25, 0.3) is 0 Å². The smallest absolute Gasteiger partial charge is 0.411 e. The molecule has 2 heterocycles. The highest BCUT2D eigenvalue weighted by atomic mass is 35.5. The number of nitrogens with one attached hydrogen (secondary N) is 1. The predicted octanol–water partition coefficient (Wildman–Crippen LogP) is 10.8. The Labute approximate surface area is 337 Å². The van der Waals surface area contributed by atoms with Crippen LogP contribution in [-0.4, -0.2) is 62.5 Å². The summed E-state index contributed by atoms with van der Waals surface area (Å²) < 4.78 is 22.3. The Kier molecular flexibility index (Phi) is 16.7. The lowest BCUT2D eigenvalue weighted by Gasteiger charge is -2.27. The van der Waals surface area contributed by atoms with Gasteiger partial charge in [0.2, 0.25) is 0 Å². The van der Waals surface area contributed by atoms with Crippen LogP contribution in [0.2, 0.25) is 0 Å². The molecule has 1 N–H and O–H groups in total. The van der Waals surface area contributed by atoms with Crippen molar-refractivity contribution in [2.24, 2.45) is 0 Å². The molecule has 11 heteroatoms. The molecule has 4 rings (SSSR count). The molecule has 0 aliphatic carbocycles. The van der Waals surface area contributed by atoms with E-state index in [2.05, 4.69) is 27.1 Å². The quantitative estimate of drug-likeness (QED) is 0.146. The number of amides is 2. The van der Waals surface area contributed by atoms with Gasteiger partial charge in [-0.05, 0) is 118 Å². The molecule has 0 aliphatic heterocycles. The number of benzene rings is 2. The molecule has 302 valence electrons. The number of alkyl halides is 1. The molecule has 10 nitrogen and oxygen atoms in total. The largest absolute Gasteiger partial charge is 0.486 e. The summed E-state index contributed by atoms with van der Waals surface area (Å²) in [5.74, 6) is 6.80. The SMILES string of the molecule is C#CCN(Cc1ccc(OC(C)(C)C)c2ncccc12)C(=O)OC(C)(C)C.C#CCNC(=O)OC(C)(C)C.CC(C)(C)Oc1ccc(CCl)c2cccnc12.[HH].[HH].[HH]. The lowest BCUT2D eigenvalue weighted by atomic mass is 10.1. The van der Waals surface area contributed by atoms with E-state index >= 15 is 0 Å². The van der Waals surface area contributed by atoms with Crippen molar-refractivity contribution in [3.05, 3.63) is 72.1 Å². The van der Waals surface area contributed by atoms with Crippen LogP contribution in [0, 0.1) is 24.7 Å². The number of nitrogens with zero attached hydrogens (tertiary/aromatic N) is 3. The van der Waals surface area contributed by atoms with E-state index in [4.69, 9.17) is 43.4 Å². The van der Waals surface area contributed by atoms with Crippen LogP contribution in [0.5, 0.6) is 11.5 Å². The number of carbonyl (C=O) groups excluding carboxylic acids is 2. The molecule has 0 spiro atoms. The predicted molar refractivity (Wildman–Crippen MR) is 229 cm³/mol. The third-order valence-electron chi connectivity index (χ3n) is 6.65. The first-order valence-corrected chi connectivity index (χ1v) is 18.5. The number of pyridine rings is 2. The van der Waals surface area contributed by atoms with E-state index in [-0.39, 0.29) is 28.6 Å². The summed E-state index contributed by atoms with van der Waals surface area (Å²) in [4.78, 5) is 33.7. The third kappa shape index (κ3) is 16.8. The van der Waals surface area contributed by atoms with E-state index in [1.807, 2.05) is 111 Å². The van der Waals surface area contributed by atoms with Crippen LogP contribution in [0.4, 0.5) is 9.59 Å². The molecular formula is C44H63ClN4O6. The Hall–Kier alpha value is -5.19. The standard InChI is InChI=1S/C22H28N2O3.C14H16ClNO.C8H13NO2.3H2/c1-8-14-24(20(25)27-22(5,6)7)15-16-11-12-18(26-21(2,3)4)19-17(16)10-9-13-23-19;1-14(2,3)17-12-7-6-10(9-15)11-5-4-8-16-13(11)12;1-5-6-9-7(10)11-8(2,3)4;;;/h1,9-13H,14-15H2,2-7H3;4-8H,9H2,1-3H3;1H,6H2,2-4H3,(H,9,10);3*1H. The number of rotatable bonds is 7. The summed E-state index contributed by atoms with van der Waals surface area (Å²) in [7, 11) is 0. The minimum absolute atomic E-state index is 0. The molecule has 0 radical (unpaired) electrons. The van der Waals surface area contributed by atoms with Crippen molar-refractivity contribution in [3.63, 3.8) is 0 Å². The monoisotopic (exact) mass is 778 g/mol. The maximum absolute atomic E-state index is 12.5. The van der Waals surface area contributed by atoms with Gasteiger partial charge in [0.15, 0.2) is 0 Å². The second-order valence-electron chi connectivity index (χ2n) is 16.4. The first-order valence-electron chi connectivity index (χ1n) is 18.0. The Morgan fingerprint density at radius 2 is 1.18 bits per heavy atom. The average Bonchev–Trinajstić information content (AvgIpc) is 3.06. The molecule has 0 aliphatic rings. The number of terminal acetylenes is 2. The van der Waals surface area contributed by atoms with Crippen LogP contribution >= 0.6 is 11.6 Å². The van der Waals surface area contributed by atoms with Gasteiger partial charge in [0.1, 0.15) is 44.9 Å². The van der Waals surface area contributed by atoms with Gasteiger partial charge in [-0.25, -0.2) is 9.59 Å². The molecular weight excluding hydrogens is 716 g/mol. The van der Waals surface area contributed by atoms with Gasteiger partial charge in [0.05, 0.1) is 19.6 Å². The maximum atomic E-state index is 12.5. The first-order chi connectivity index (χ1) is 25.5. The Morgan fingerprint density at radius 3 is 1.60 bits per heavy atom. The number of hydrogen-bond acceptors (Lipinski definition) is 8. The Bertz CT molecular complexity index is 1990. The molecule has 0 bridgehead atoms. The van der Waals surface area contributed by atoms with Crippen LogP contribution < -0.4 is 14.8 Å². The molecule has 55 heavy (non-hydrogen) atoms. The van der Waals surface area contributed by atoms with Crippen molar-refractivity contribution < 1.29 is 32.8 Å². The number of carbonyl (C=O) groups is 2. The highest BCUT2D eigenvalue weighted by Crippen LogP contribution is 2.31. The lowest BCUT2D eigenvalue weighted by Crippen LogP contribution is -2.36. The fourth-order valence-electron chi connectivity index (χ4n) is 4.76. The van der Waals surface area contributed by atoms with E-state index in [1.165, 1.54) is 4.90 Å². The zero-order chi connectivity index (χ0) is 41.6. The van der Waals surface area contributed by atoms with Crippen LogP contribution in [0.15, 0.2) is 60.9 Å². The minimum Gasteiger partial charge on any atom is -0.486 e. The molecule has 0 saturated heterocycles. The zero-order valence-electron chi connectivity index (χ0n) is 34.4. The van der Waals surface area contributed by atoms with Crippen molar-refractivity contribution in [2.45, 2.75) is 118 Å². The average molecular weight is 779 g/mol. The number of aromatic nitrogens is 2. The lowest BCUT2D eigenvalue weighted by molar-refractivity contribution is 0.0260. The number of alkyl carbamates (subject to hydrolysis) is 1. The highest BCUT2D eigenvalue weighted by Gasteiger charge is 2.23. The maximum Gasteiger partial charge on any atom is 0.411 e. The van der Waals surface area contributed by atoms with Crippen LogP contribution in [0.1, 0.15) is 98.5 Å². The Balaban J connectivity index is 0. The fraction of sp³-hybridized carbons (Fsp3) is 0.455. The van der Waals surface area contributed by atoms with Crippen molar-refractivity contribution in [1.29, 1.82) is 0 Å². The van der Waals surface area contributed by atoms with E-state index in [1.54, 1.807) is 33.2 Å². The molecule has 0 unspecified atom stereocenters. The highest BCUT2D eigenvalue weighted by molar-refractivity contribution is 6.18. The molecule has 0 saturated carbocycles. The number of ether oxygens (including phenoxy) is 4. The van der Waals surface area contributed by atoms with E-state index in [9.17, 15) is 9.59 Å². The molecule has 4 aromatic rings. The summed E-state index contributed by atoms with van der Waals surface area (Å²) in [6.45, 7) is 23.6. The van der Waals surface area contributed by atoms with Crippen molar-refractivity contribution in [1.82, 2.24) is 20.2 Å². The van der Waals surface area contributed by atoms with E-state index in [0.29, 0.717) is 18.2 Å². The summed E-state index contributed by atoms with van der Waals surface area (Å²) in [6, 6.07) is 15.5. The van der Waals surface area contributed by atoms with Crippen LogP contribution in [0.3, 0.4) is 0 Å². The minimum atomic E-state index is -0.585. The molecule has 0 fully saturated rings. The summed E-state index contributed by atoms with van der Waals surface area (Å²) in [5.41, 5.74) is 2.04. The van der Waals surface area contributed by atoms with E-state index < -0.39 is 23.4 Å². The normalized spacial score (nSPS) is 11.4. The second kappa shape index (κ2) is 19.9. The fourth-order valence-corrected chi connectivity index (χ4v) is 4.99. The summed E-state index contributed by atoms with van der Waals surface area (Å²) >= 11 is 5.92. The van der Waals surface area contributed by atoms with Gasteiger partial charge in [0, 0.05) is 33.3 Å². The number of fused-ring (bicyclic) bond motifs is 2. The molecule has 2 amide bonds. The second-order valence-corrected chi connectivity index (χ2v) is 16.7. The van der Waals surface area contributed by atoms with Crippen molar-refractivity contribution in [2.75, 3.05) is 13.1 Å². The van der Waals surface area contributed by atoms with Crippen LogP contribution in [-0.2, 0) is 21.9 Å². The number of halogens is 1. The van der Waals surface area contributed by atoms with Gasteiger partial charge in [-0.15, -0.1) is 24.4 Å². The third-order valence-corrected chi connectivity index (χ3v) is 6.94. The summed E-state index contributed by atoms with van der Waals surface area (Å²) in [6.07, 6.45) is 13.0. The van der Waals surface area contributed by atoms with Gasteiger partial charge in [-0.2, -0.15) is 0 Å². The van der Waals surface area contributed by atoms with Gasteiger partial charge < -0.3 is 24.3 Å². The van der Waals surface area contributed by atoms with E-state index in [0.717, 1.165) is 38.7 Å². The summed E-state index contributed by atoms with van der Waals surface area (Å²) in [5, 5.41) is 4.37. The van der Waals surface area contributed by atoms with Gasteiger partial charge in [-0.3, -0.25) is 14.9 Å². The number of hydrogen-bond donors (Lipinski definition) is 1. The molecule has 0 atom stereocenters.